The summed E-state index contributed by atoms with van der Waals surface area (Å²) in [5.74, 6) is 0.836. The van der Waals surface area contributed by atoms with Crippen LogP contribution >= 0.6 is 11.3 Å². The van der Waals surface area contributed by atoms with Crippen LogP contribution in [0, 0.1) is 18.8 Å². The molecule has 3 heterocycles. The van der Waals surface area contributed by atoms with Crippen molar-refractivity contribution < 1.29 is 4.79 Å². The van der Waals surface area contributed by atoms with Crippen LogP contribution in [0.4, 0.5) is 10.9 Å². The molecule has 2 aromatic rings. The number of carbonyl (C=O) groups excluding carboxylic acids is 1. The van der Waals surface area contributed by atoms with Crippen molar-refractivity contribution in [1.29, 1.82) is 5.26 Å². The third-order valence-electron chi connectivity index (χ3n) is 3.99. The van der Waals surface area contributed by atoms with Crippen LogP contribution in [0.15, 0.2) is 24.5 Å². The highest BCUT2D eigenvalue weighted by atomic mass is 32.1. The molecule has 3 rings (SSSR count). The minimum Gasteiger partial charge on any atom is -0.339 e. The van der Waals surface area contributed by atoms with Gasteiger partial charge in [-0.2, -0.15) is 0 Å². The Hall–Kier alpha value is -2.54. The monoisotopic (exact) mass is 373 g/mol. The number of nitrogens with one attached hydrogen (secondary N) is 1. The Morgan fingerprint density at radius 1 is 1.35 bits per heavy atom. The number of aryl methyl sites for hydroxylation is 1. The topological polar surface area (TPSA) is 111 Å². The van der Waals surface area contributed by atoms with E-state index >= 15 is 0 Å². The van der Waals surface area contributed by atoms with Crippen molar-refractivity contribution in [1.82, 2.24) is 19.8 Å². The zero-order valence-electron chi connectivity index (χ0n) is 14.8. The number of hydrogen-bond donors (Lipinski definition) is 2. The molecular formula is C17H23N7OS. The van der Waals surface area contributed by atoms with E-state index in [0.29, 0.717) is 0 Å². The molecular weight excluding hydrogens is 350 g/mol. The fourth-order valence-corrected chi connectivity index (χ4v) is 3.38. The van der Waals surface area contributed by atoms with Crippen LogP contribution in [-0.4, -0.2) is 58.4 Å². The minimum atomic E-state index is 0.0313. The minimum absolute atomic E-state index is 0.0313. The highest BCUT2D eigenvalue weighted by Gasteiger charge is 2.20. The van der Waals surface area contributed by atoms with Gasteiger partial charge in [0.2, 0.25) is 5.91 Å². The lowest BCUT2D eigenvalue weighted by Gasteiger charge is -2.34. The first-order chi connectivity index (χ1) is 12.6. The van der Waals surface area contributed by atoms with Gasteiger partial charge in [0.25, 0.3) is 0 Å². The van der Waals surface area contributed by atoms with E-state index < -0.39 is 0 Å². The standard InChI is InChI=1S/C16H22N6OS.CHN/c1-12-10-19-16(24-12)20-14-8-13(2-3-18-14)11-21-4-6-22(7-5-21)15(23)9-17;1-2/h2-3,8,10H,4-7,9,11,17H2,1H3,(H,18,19,20);1H. The number of piperazine rings is 1. The van der Waals surface area contributed by atoms with Crippen molar-refractivity contribution in [2.45, 2.75) is 13.5 Å². The predicted octanol–water partition coefficient (Wildman–Crippen LogP) is 1.33. The van der Waals surface area contributed by atoms with Crippen molar-refractivity contribution in [3.63, 3.8) is 0 Å². The molecule has 9 heteroatoms. The Morgan fingerprint density at radius 2 is 2.08 bits per heavy atom. The highest BCUT2D eigenvalue weighted by molar-refractivity contribution is 7.15. The summed E-state index contributed by atoms with van der Waals surface area (Å²) in [5, 5.41) is 10.6. The Balaban J connectivity index is 0.00000117. The van der Waals surface area contributed by atoms with Crippen molar-refractivity contribution >= 4 is 28.2 Å². The Kier molecular flexibility index (Phi) is 7.47. The van der Waals surface area contributed by atoms with Crippen molar-refractivity contribution in [2.24, 2.45) is 5.73 Å². The largest absolute Gasteiger partial charge is 0.339 e. The molecule has 1 amide bonds. The lowest BCUT2D eigenvalue weighted by atomic mass is 10.2. The third-order valence-corrected chi connectivity index (χ3v) is 4.81. The molecule has 0 saturated carbocycles. The van der Waals surface area contributed by atoms with Crippen molar-refractivity contribution in [3.05, 3.63) is 35.0 Å². The number of nitrogens with two attached hydrogens (primary N) is 1. The molecule has 0 atom stereocenters. The maximum atomic E-state index is 11.6. The molecule has 3 N–H and O–H groups in total. The number of thiazole rings is 1. The van der Waals surface area contributed by atoms with Crippen LogP contribution in [-0.2, 0) is 11.3 Å². The van der Waals surface area contributed by atoms with E-state index in [1.807, 2.05) is 36.4 Å². The van der Waals surface area contributed by atoms with Gasteiger partial charge >= 0.3 is 0 Å². The summed E-state index contributed by atoms with van der Waals surface area (Å²) in [4.78, 5) is 25.6. The molecule has 26 heavy (non-hydrogen) atoms. The summed E-state index contributed by atoms with van der Waals surface area (Å²) >= 11 is 1.61. The fraction of sp³-hybridized carbons (Fsp3) is 0.412. The maximum Gasteiger partial charge on any atom is 0.236 e. The number of pyridine rings is 1. The van der Waals surface area contributed by atoms with Crippen LogP contribution in [0.5, 0.6) is 0 Å². The summed E-state index contributed by atoms with van der Waals surface area (Å²) in [7, 11) is 0. The number of anilines is 2. The molecule has 0 aliphatic carbocycles. The summed E-state index contributed by atoms with van der Waals surface area (Å²) in [6.07, 6.45) is 3.66. The molecule has 1 aliphatic rings. The first-order valence-corrected chi connectivity index (χ1v) is 9.06. The number of amides is 1. The Morgan fingerprint density at radius 3 is 2.69 bits per heavy atom. The van der Waals surface area contributed by atoms with Crippen molar-refractivity contribution in [3.8, 4) is 6.57 Å². The summed E-state index contributed by atoms with van der Waals surface area (Å²) in [6, 6.07) is 4.07. The second-order valence-electron chi connectivity index (χ2n) is 5.81. The smallest absolute Gasteiger partial charge is 0.236 e. The first-order valence-electron chi connectivity index (χ1n) is 8.24. The van der Waals surface area contributed by atoms with Gasteiger partial charge in [0.1, 0.15) is 5.82 Å². The number of carbonyl (C=O) groups is 1. The fourth-order valence-electron chi connectivity index (χ4n) is 2.71. The zero-order chi connectivity index (χ0) is 18.9. The quantitative estimate of drug-likeness (QED) is 0.813. The van der Waals surface area contributed by atoms with E-state index in [2.05, 4.69) is 26.8 Å². The summed E-state index contributed by atoms with van der Waals surface area (Å²) < 4.78 is 0. The van der Waals surface area contributed by atoms with Gasteiger partial charge in [0, 0.05) is 56.6 Å². The normalized spacial score (nSPS) is 14.4. The van der Waals surface area contributed by atoms with E-state index in [4.69, 9.17) is 11.0 Å². The van der Waals surface area contributed by atoms with Gasteiger partial charge in [-0.1, -0.05) is 0 Å². The SMILES string of the molecule is C#N.Cc1cnc(Nc2cc(CN3CCN(C(=O)CN)CC3)ccn2)s1. The number of hydrogen-bond acceptors (Lipinski definition) is 8. The number of aromatic nitrogens is 2. The molecule has 0 bridgehead atoms. The molecule has 1 aliphatic heterocycles. The van der Waals surface area contributed by atoms with Crippen LogP contribution < -0.4 is 11.1 Å². The maximum absolute atomic E-state index is 11.6. The predicted molar refractivity (Wildman–Crippen MR) is 102 cm³/mol. The molecule has 1 saturated heterocycles. The molecule has 0 unspecified atom stereocenters. The van der Waals surface area contributed by atoms with E-state index in [9.17, 15) is 4.79 Å². The lowest BCUT2D eigenvalue weighted by Crippen LogP contribution is -2.49. The highest BCUT2D eigenvalue weighted by Crippen LogP contribution is 2.21. The van der Waals surface area contributed by atoms with E-state index in [1.54, 1.807) is 11.3 Å². The second kappa shape index (κ2) is 9.82. The van der Waals surface area contributed by atoms with Gasteiger partial charge in [-0.15, -0.1) is 11.3 Å². The molecule has 0 radical (unpaired) electrons. The Labute approximate surface area is 157 Å². The van der Waals surface area contributed by atoms with Crippen LogP contribution in [0.2, 0.25) is 0 Å². The molecule has 138 valence electrons. The molecule has 8 nitrogen and oxygen atoms in total. The van der Waals surface area contributed by atoms with Gasteiger partial charge in [-0.25, -0.2) is 15.2 Å². The molecule has 1 fully saturated rings. The van der Waals surface area contributed by atoms with E-state index in [1.165, 1.54) is 10.4 Å². The van der Waals surface area contributed by atoms with Gasteiger partial charge in [-0.05, 0) is 24.6 Å². The van der Waals surface area contributed by atoms with Crippen molar-refractivity contribution in [2.75, 3.05) is 38.0 Å². The average molecular weight is 373 g/mol. The lowest BCUT2D eigenvalue weighted by molar-refractivity contribution is -0.131. The first kappa shape index (κ1) is 19.8. The van der Waals surface area contributed by atoms with Gasteiger partial charge in [0.05, 0.1) is 6.54 Å². The Bertz CT molecular complexity index is 737. The average Bonchev–Trinajstić information content (AvgIpc) is 3.08. The van der Waals surface area contributed by atoms with Crippen LogP contribution in [0.3, 0.4) is 0 Å². The zero-order valence-corrected chi connectivity index (χ0v) is 15.6. The summed E-state index contributed by atoms with van der Waals surface area (Å²) in [6.45, 7) is 9.68. The van der Waals surface area contributed by atoms with Crippen LogP contribution in [0.1, 0.15) is 10.4 Å². The molecule has 0 aromatic carbocycles. The third kappa shape index (κ3) is 5.49. The van der Waals surface area contributed by atoms with E-state index in [0.717, 1.165) is 43.7 Å². The number of nitrogens with zero attached hydrogens (tertiary/aromatic N) is 5. The number of nitriles is 1. The molecule has 2 aromatic heterocycles. The van der Waals surface area contributed by atoms with Gasteiger partial charge < -0.3 is 16.0 Å². The number of rotatable bonds is 5. The second-order valence-corrected chi connectivity index (χ2v) is 7.05. The van der Waals surface area contributed by atoms with Gasteiger partial charge in [-0.3, -0.25) is 9.69 Å². The van der Waals surface area contributed by atoms with E-state index in [-0.39, 0.29) is 12.5 Å². The summed E-state index contributed by atoms with van der Waals surface area (Å²) in [5.41, 5.74) is 6.61. The van der Waals surface area contributed by atoms with Gasteiger partial charge in [0.15, 0.2) is 5.13 Å². The molecule has 0 spiro atoms. The van der Waals surface area contributed by atoms with Crippen LogP contribution in [0.25, 0.3) is 0 Å².